The lowest BCUT2D eigenvalue weighted by atomic mass is 9.89. The second-order valence-corrected chi connectivity index (χ2v) is 9.17. The lowest BCUT2D eigenvalue weighted by molar-refractivity contribution is -0.140. The number of aryl methyl sites for hydroxylation is 1. The molecule has 0 spiro atoms. The fourth-order valence-electron chi connectivity index (χ4n) is 4.77. The molecule has 186 valence electrons. The molecule has 9 heteroatoms. The van der Waals surface area contributed by atoms with Crippen molar-refractivity contribution in [3.8, 4) is 17.0 Å². The Morgan fingerprint density at radius 2 is 2.00 bits per heavy atom. The van der Waals surface area contributed by atoms with E-state index in [1.54, 1.807) is 18.2 Å². The maximum absolute atomic E-state index is 12.1. The molecule has 0 radical (unpaired) electrons. The number of ether oxygens (including phenoxy) is 1. The number of nitrogens with zero attached hydrogens (tertiary/aromatic N) is 5. The molecule has 3 aromatic heterocycles. The maximum Gasteiger partial charge on any atom is 0.251 e. The van der Waals surface area contributed by atoms with Gasteiger partial charge in [-0.05, 0) is 68.0 Å². The first-order valence-electron chi connectivity index (χ1n) is 12.1. The van der Waals surface area contributed by atoms with Gasteiger partial charge >= 0.3 is 0 Å². The molecule has 1 aliphatic rings. The fourth-order valence-corrected chi connectivity index (χ4v) is 4.77. The highest BCUT2D eigenvalue weighted by molar-refractivity contribution is 5.80. The van der Waals surface area contributed by atoms with Gasteiger partial charge in [0.2, 0.25) is 5.95 Å². The Bertz CT molecular complexity index is 1390. The minimum Gasteiger partial charge on any atom is -0.495 e. The lowest BCUT2D eigenvalue weighted by Crippen LogP contribution is -2.42. The van der Waals surface area contributed by atoms with E-state index in [1.165, 1.54) is 12.5 Å². The molecule has 4 heterocycles. The summed E-state index contributed by atoms with van der Waals surface area (Å²) in [4.78, 5) is 23.1. The monoisotopic (exact) mass is 486 g/mol. The number of anilines is 2. The summed E-state index contributed by atoms with van der Waals surface area (Å²) in [6.07, 6.45) is 6.28. The normalized spacial score (nSPS) is 15.2. The van der Waals surface area contributed by atoms with Crippen LogP contribution in [0.2, 0.25) is 0 Å². The lowest BCUT2D eigenvalue weighted by Gasteiger charge is -2.33. The van der Waals surface area contributed by atoms with E-state index in [0.29, 0.717) is 30.7 Å². The van der Waals surface area contributed by atoms with Crippen LogP contribution >= 0.6 is 0 Å². The third kappa shape index (κ3) is 4.61. The van der Waals surface area contributed by atoms with Gasteiger partial charge in [-0.3, -0.25) is 4.79 Å². The fraction of sp³-hybridized carbons (Fsp3) is 0.333. The van der Waals surface area contributed by atoms with Gasteiger partial charge in [0.05, 0.1) is 30.2 Å². The number of likely N-dealkylation sites (tertiary alicyclic amines) is 1. The molecule has 1 amide bonds. The average molecular weight is 487 g/mol. The first-order valence-corrected chi connectivity index (χ1v) is 12.1. The number of piperidine rings is 1. The van der Waals surface area contributed by atoms with Crippen LogP contribution in [0.5, 0.6) is 5.75 Å². The Kier molecular flexibility index (Phi) is 6.56. The molecule has 0 bridgehead atoms. The number of nitrogens with one attached hydrogen (secondary N) is 1. The van der Waals surface area contributed by atoms with Gasteiger partial charge in [-0.25, -0.2) is 14.5 Å². The molecule has 4 aromatic rings. The van der Waals surface area contributed by atoms with Gasteiger partial charge in [0.25, 0.3) is 5.91 Å². The first-order chi connectivity index (χ1) is 17.4. The highest BCUT2D eigenvalue weighted by Gasteiger charge is 2.26. The van der Waals surface area contributed by atoms with Gasteiger partial charge < -0.3 is 20.1 Å². The maximum atomic E-state index is 12.1. The Morgan fingerprint density at radius 3 is 2.75 bits per heavy atom. The standard InChI is InChI=1S/C27H30N6O3/c1-17-15-28-27(31-25(17)21-16-29-33-11-5-4-6-23(21)33)30-22-8-7-20(14-24(22)36-3)19-9-12-32(13-10-19)26(35)18(2)34/h4-8,11,14-16,18-19,34H,9-10,12-13H2,1-3H3,(H,28,30,31)/t18-/m1/s1. The van der Waals surface area contributed by atoms with Crippen LogP contribution in [0.25, 0.3) is 16.8 Å². The van der Waals surface area contributed by atoms with Crippen LogP contribution in [0.15, 0.2) is 55.0 Å². The second-order valence-electron chi connectivity index (χ2n) is 9.17. The van der Waals surface area contributed by atoms with E-state index in [0.717, 1.165) is 40.9 Å². The summed E-state index contributed by atoms with van der Waals surface area (Å²) in [5.74, 6) is 1.30. The van der Waals surface area contributed by atoms with Crippen molar-refractivity contribution >= 4 is 23.1 Å². The van der Waals surface area contributed by atoms with Crippen molar-refractivity contribution in [2.45, 2.75) is 38.7 Å². The van der Waals surface area contributed by atoms with Crippen molar-refractivity contribution in [3.05, 3.63) is 66.1 Å². The molecule has 36 heavy (non-hydrogen) atoms. The number of aliphatic hydroxyl groups is 1. The number of amides is 1. The molecule has 9 nitrogen and oxygen atoms in total. The summed E-state index contributed by atoms with van der Waals surface area (Å²) in [6.45, 7) is 4.78. The average Bonchev–Trinajstić information content (AvgIpc) is 3.33. The molecule has 1 aromatic carbocycles. The quantitative estimate of drug-likeness (QED) is 0.425. The van der Waals surface area contributed by atoms with E-state index in [1.807, 2.05) is 54.2 Å². The van der Waals surface area contributed by atoms with Crippen molar-refractivity contribution in [1.82, 2.24) is 24.5 Å². The predicted molar refractivity (Wildman–Crippen MR) is 137 cm³/mol. The van der Waals surface area contributed by atoms with Crippen molar-refractivity contribution in [2.75, 3.05) is 25.5 Å². The van der Waals surface area contributed by atoms with Crippen LogP contribution in [0, 0.1) is 6.92 Å². The van der Waals surface area contributed by atoms with Gasteiger partial charge in [0.15, 0.2) is 0 Å². The zero-order valence-corrected chi connectivity index (χ0v) is 20.7. The largest absolute Gasteiger partial charge is 0.495 e. The van der Waals surface area contributed by atoms with E-state index in [4.69, 9.17) is 9.72 Å². The first kappa shape index (κ1) is 23.7. The Balaban J connectivity index is 1.35. The Labute approximate surface area is 209 Å². The van der Waals surface area contributed by atoms with Crippen molar-refractivity contribution in [1.29, 1.82) is 0 Å². The molecular formula is C27H30N6O3. The summed E-state index contributed by atoms with van der Waals surface area (Å²) >= 11 is 0. The highest BCUT2D eigenvalue weighted by Crippen LogP contribution is 2.35. The highest BCUT2D eigenvalue weighted by atomic mass is 16.5. The van der Waals surface area contributed by atoms with Crippen LogP contribution in [-0.2, 0) is 4.79 Å². The number of benzene rings is 1. The number of rotatable bonds is 6. The molecule has 1 atom stereocenters. The van der Waals surface area contributed by atoms with E-state index in [9.17, 15) is 9.90 Å². The van der Waals surface area contributed by atoms with Gasteiger partial charge in [0, 0.05) is 31.0 Å². The van der Waals surface area contributed by atoms with Gasteiger partial charge in [-0.1, -0.05) is 12.1 Å². The number of carbonyl (C=O) groups excluding carboxylic acids is 1. The van der Waals surface area contributed by atoms with Crippen molar-refractivity contribution in [3.63, 3.8) is 0 Å². The van der Waals surface area contributed by atoms with Crippen LogP contribution in [0.4, 0.5) is 11.6 Å². The van der Waals surface area contributed by atoms with Crippen LogP contribution in [-0.4, -0.2) is 61.8 Å². The Morgan fingerprint density at radius 1 is 1.19 bits per heavy atom. The minimum absolute atomic E-state index is 0.202. The minimum atomic E-state index is -0.954. The topological polar surface area (TPSA) is 105 Å². The summed E-state index contributed by atoms with van der Waals surface area (Å²) in [6, 6.07) is 12.1. The van der Waals surface area contributed by atoms with Crippen molar-refractivity contribution < 1.29 is 14.6 Å². The van der Waals surface area contributed by atoms with E-state index < -0.39 is 6.10 Å². The molecule has 1 fully saturated rings. The summed E-state index contributed by atoms with van der Waals surface area (Å²) in [5.41, 5.74) is 5.65. The molecule has 0 saturated carbocycles. The zero-order chi connectivity index (χ0) is 25.2. The van der Waals surface area contributed by atoms with Crippen LogP contribution in [0.3, 0.4) is 0 Å². The molecule has 5 rings (SSSR count). The van der Waals surface area contributed by atoms with Crippen LogP contribution in [0.1, 0.15) is 36.8 Å². The smallest absolute Gasteiger partial charge is 0.251 e. The number of methoxy groups -OCH3 is 1. The molecular weight excluding hydrogens is 456 g/mol. The molecule has 1 saturated heterocycles. The van der Waals surface area contributed by atoms with Crippen molar-refractivity contribution in [2.24, 2.45) is 0 Å². The number of pyridine rings is 1. The zero-order valence-electron chi connectivity index (χ0n) is 20.7. The number of carbonyl (C=O) groups is 1. The number of aromatic nitrogens is 4. The molecule has 0 aliphatic carbocycles. The Hall–Kier alpha value is -3.98. The molecule has 2 N–H and O–H groups in total. The summed E-state index contributed by atoms with van der Waals surface area (Å²) < 4.78 is 7.52. The second kappa shape index (κ2) is 9.94. The van der Waals surface area contributed by atoms with E-state index >= 15 is 0 Å². The van der Waals surface area contributed by atoms with Gasteiger partial charge in [-0.2, -0.15) is 5.10 Å². The number of fused-ring (bicyclic) bond motifs is 1. The van der Waals surface area contributed by atoms with Gasteiger partial charge in [-0.15, -0.1) is 0 Å². The number of aliphatic hydroxyl groups excluding tert-OH is 1. The summed E-state index contributed by atoms with van der Waals surface area (Å²) in [5, 5.41) is 17.3. The van der Waals surface area contributed by atoms with Crippen LogP contribution < -0.4 is 10.1 Å². The van der Waals surface area contributed by atoms with Gasteiger partial charge in [0.1, 0.15) is 11.9 Å². The molecule has 1 aliphatic heterocycles. The predicted octanol–water partition coefficient (Wildman–Crippen LogP) is 3.94. The number of hydrogen-bond acceptors (Lipinski definition) is 7. The summed E-state index contributed by atoms with van der Waals surface area (Å²) in [7, 11) is 1.65. The third-order valence-electron chi connectivity index (χ3n) is 6.76. The third-order valence-corrected chi connectivity index (χ3v) is 6.76. The van der Waals surface area contributed by atoms with E-state index in [2.05, 4.69) is 21.5 Å². The SMILES string of the molecule is COc1cc(C2CCN(C(=O)[C@@H](C)O)CC2)ccc1Nc1ncc(C)c(-c2cnn3ccccc23)n1. The van der Waals surface area contributed by atoms with E-state index in [-0.39, 0.29) is 5.91 Å². The molecule has 0 unspecified atom stereocenters. The number of hydrogen-bond donors (Lipinski definition) is 2.